The zero-order valence-electron chi connectivity index (χ0n) is 15.5. The zero-order chi connectivity index (χ0) is 16.7. The van der Waals surface area contributed by atoms with E-state index >= 15 is 0 Å². The molecule has 0 aliphatic carbocycles. The summed E-state index contributed by atoms with van der Waals surface area (Å²) in [4.78, 5) is 0. The molecular formula is C18H36O4Si. The Morgan fingerprint density at radius 3 is 1.52 bits per heavy atom. The largest absolute Gasteiger partial charge is 0.398 e. The smallest absolute Gasteiger partial charge is 0.337 e. The SMILES string of the molecule is CCC(CC[Si](CCC(CC)CC1CO1)(OC)OC)CC1CO1. The van der Waals surface area contributed by atoms with Gasteiger partial charge in [-0.1, -0.05) is 26.7 Å². The minimum Gasteiger partial charge on any atom is -0.398 e. The van der Waals surface area contributed by atoms with Crippen LogP contribution in [0.3, 0.4) is 0 Å². The monoisotopic (exact) mass is 344 g/mol. The molecule has 0 aromatic rings. The molecule has 0 N–H and O–H groups in total. The first-order valence-electron chi connectivity index (χ1n) is 9.48. The molecule has 0 saturated carbocycles. The van der Waals surface area contributed by atoms with E-state index in [0.717, 1.165) is 37.1 Å². The first-order valence-corrected chi connectivity index (χ1v) is 11.7. The quantitative estimate of drug-likeness (QED) is 0.351. The molecule has 4 atom stereocenters. The molecule has 2 aliphatic rings. The van der Waals surface area contributed by atoms with Crippen LogP contribution < -0.4 is 0 Å². The van der Waals surface area contributed by atoms with Gasteiger partial charge in [0.2, 0.25) is 0 Å². The Hall–Kier alpha value is 0.0569. The fourth-order valence-electron chi connectivity index (χ4n) is 3.59. The minimum atomic E-state index is -2.04. The van der Waals surface area contributed by atoms with E-state index in [2.05, 4.69) is 13.8 Å². The molecule has 2 aliphatic heterocycles. The predicted octanol–water partition coefficient (Wildman–Crippen LogP) is 4.13. The summed E-state index contributed by atoms with van der Waals surface area (Å²) in [5.74, 6) is 1.50. The van der Waals surface area contributed by atoms with Crippen molar-refractivity contribution in [1.29, 1.82) is 0 Å². The van der Waals surface area contributed by atoms with E-state index in [-0.39, 0.29) is 0 Å². The zero-order valence-corrected chi connectivity index (χ0v) is 16.5. The van der Waals surface area contributed by atoms with E-state index in [1.54, 1.807) is 0 Å². The molecular weight excluding hydrogens is 308 g/mol. The van der Waals surface area contributed by atoms with Gasteiger partial charge in [-0.05, 0) is 49.6 Å². The molecule has 0 aromatic carbocycles. The van der Waals surface area contributed by atoms with Crippen molar-refractivity contribution in [2.75, 3.05) is 27.4 Å². The molecule has 0 spiro atoms. The molecule has 5 heteroatoms. The Bertz CT molecular complexity index is 299. The third kappa shape index (κ3) is 6.82. The highest BCUT2D eigenvalue weighted by molar-refractivity contribution is 6.67. The van der Waals surface area contributed by atoms with Crippen molar-refractivity contribution in [3.63, 3.8) is 0 Å². The van der Waals surface area contributed by atoms with Crippen LogP contribution in [-0.2, 0) is 18.3 Å². The third-order valence-corrected chi connectivity index (χ3v) is 9.35. The van der Waals surface area contributed by atoms with Gasteiger partial charge in [-0.15, -0.1) is 0 Å². The number of epoxide rings is 2. The summed E-state index contributed by atoms with van der Waals surface area (Å²) >= 11 is 0. The number of hydrogen-bond acceptors (Lipinski definition) is 4. The standard InChI is InChI=1S/C18H36O4Si/c1-5-15(11-17-13-21-17)7-9-23(19-3,20-4)10-8-16(6-2)12-18-14-22-18/h15-18H,5-14H2,1-4H3. The van der Waals surface area contributed by atoms with Gasteiger partial charge < -0.3 is 18.3 Å². The molecule has 2 heterocycles. The minimum absolute atomic E-state index is 0.532. The van der Waals surface area contributed by atoms with Gasteiger partial charge in [-0.25, -0.2) is 0 Å². The van der Waals surface area contributed by atoms with Gasteiger partial charge in [-0.2, -0.15) is 0 Å². The number of hydrogen-bond donors (Lipinski definition) is 0. The Morgan fingerprint density at radius 1 is 0.870 bits per heavy atom. The highest BCUT2D eigenvalue weighted by Crippen LogP contribution is 2.33. The van der Waals surface area contributed by atoms with Crippen LogP contribution in [0.15, 0.2) is 0 Å². The second kappa shape index (κ2) is 9.52. The molecule has 2 saturated heterocycles. The maximum atomic E-state index is 5.97. The average molecular weight is 345 g/mol. The van der Waals surface area contributed by atoms with Gasteiger partial charge >= 0.3 is 8.56 Å². The second-order valence-corrected chi connectivity index (χ2v) is 11.0. The van der Waals surface area contributed by atoms with Crippen molar-refractivity contribution < 1.29 is 18.3 Å². The van der Waals surface area contributed by atoms with Gasteiger partial charge in [0.15, 0.2) is 0 Å². The maximum Gasteiger partial charge on any atom is 0.337 e. The highest BCUT2D eigenvalue weighted by atomic mass is 28.4. The number of rotatable bonds is 14. The van der Waals surface area contributed by atoms with Crippen LogP contribution in [0.2, 0.25) is 12.1 Å². The summed E-state index contributed by atoms with van der Waals surface area (Å²) in [5, 5.41) is 0. The van der Waals surface area contributed by atoms with E-state index in [1.165, 1.54) is 38.5 Å². The topological polar surface area (TPSA) is 43.5 Å². The van der Waals surface area contributed by atoms with Crippen molar-refractivity contribution in [2.24, 2.45) is 11.8 Å². The van der Waals surface area contributed by atoms with Gasteiger partial charge in [0.1, 0.15) is 0 Å². The van der Waals surface area contributed by atoms with Crippen LogP contribution >= 0.6 is 0 Å². The van der Waals surface area contributed by atoms with Crippen LogP contribution in [0.4, 0.5) is 0 Å². The van der Waals surface area contributed by atoms with Crippen molar-refractivity contribution in [1.82, 2.24) is 0 Å². The lowest BCUT2D eigenvalue weighted by Gasteiger charge is -2.30. The fourth-order valence-corrected chi connectivity index (χ4v) is 6.52. The number of ether oxygens (including phenoxy) is 2. The van der Waals surface area contributed by atoms with Gasteiger partial charge in [-0.3, -0.25) is 0 Å². The summed E-state index contributed by atoms with van der Waals surface area (Å²) in [7, 11) is 1.66. The molecule has 0 amide bonds. The summed E-state index contributed by atoms with van der Waals surface area (Å²) < 4.78 is 22.7. The van der Waals surface area contributed by atoms with Crippen molar-refractivity contribution in [3.05, 3.63) is 0 Å². The average Bonchev–Trinajstić information content (AvgIpc) is 3.48. The Balaban J connectivity index is 1.77. The van der Waals surface area contributed by atoms with Crippen molar-refractivity contribution in [3.8, 4) is 0 Å². The Labute approximate surface area is 143 Å². The summed E-state index contributed by atoms with van der Waals surface area (Å²) in [6.45, 7) is 6.52. The summed E-state index contributed by atoms with van der Waals surface area (Å²) in [6, 6.07) is 2.23. The lowest BCUT2D eigenvalue weighted by Crippen LogP contribution is -2.40. The first kappa shape index (κ1) is 19.4. The lowest BCUT2D eigenvalue weighted by atomic mass is 9.98. The van der Waals surface area contributed by atoms with Crippen LogP contribution in [0.1, 0.15) is 52.4 Å². The van der Waals surface area contributed by atoms with Crippen LogP contribution in [0, 0.1) is 11.8 Å². The van der Waals surface area contributed by atoms with E-state index in [1.807, 2.05) is 14.2 Å². The lowest BCUT2D eigenvalue weighted by molar-refractivity contribution is 0.229. The highest BCUT2D eigenvalue weighted by Gasteiger charge is 2.37. The molecule has 4 unspecified atom stereocenters. The third-order valence-electron chi connectivity index (χ3n) is 5.76. The van der Waals surface area contributed by atoms with Gasteiger partial charge in [0.25, 0.3) is 0 Å². The molecule has 0 aromatic heterocycles. The molecule has 23 heavy (non-hydrogen) atoms. The summed E-state index contributed by atoms with van der Waals surface area (Å²) in [6.07, 6.45) is 8.38. The first-order chi connectivity index (χ1) is 11.1. The molecule has 0 radical (unpaired) electrons. The van der Waals surface area contributed by atoms with E-state index in [0.29, 0.717) is 12.2 Å². The summed E-state index contributed by atoms with van der Waals surface area (Å²) in [5.41, 5.74) is 0. The van der Waals surface area contributed by atoms with Crippen LogP contribution in [-0.4, -0.2) is 48.2 Å². The van der Waals surface area contributed by atoms with Crippen LogP contribution in [0.5, 0.6) is 0 Å². The van der Waals surface area contributed by atoms with Crippen molar-refractivity contribution in [2.45, 2.75) is 76.7 Å². The van der Waals surface area contributed by atoms with Gasteiger partial charge in [0.05, 0.1) is 25.4 Å². The second-order valence-electron chi connectivity index (χ2n) is 7.33. The predicted molar refractivity (Wildman–Crippen MR) is 94.9 cm³/mol. The van der Waals surface area contributed by atoms with E-state index in [4.69, 9.17) is 18.3 Å². The molecule has 4 nitrogen and oxygen atoms in total. The van der Waals surface area contributed by atoms with Gasteiger partial charge in [0, 0.05) is 14.2 Å². The fraction of sp³-hybridized carbons (Fsp3) is 1.00. The molecule has 136 valence electrons. The van der Waals surface area contributed by atoms with E-state index < -0.39 is 8.56 Å². The Kier molecular flexibility index (Phi) is 8.02. The molecule has 2 fully saturated rings. The normalized spacial score (nSPS) is 26.1. The van der Waals surface area contributed by atoms with E-state index in [9.17, 15) is 0 Å². The molecule has 2 rings (SSSR count). The molecule has 0 bridgehead atoms. The Morgan fingerprint density at radius 2 is 1.26 bits per heavy atom. The van der Waals surface area contributed by atoms with Crippen molar-refractivity contribution >= 4 is 8.56 Å². The maximum absolute atomic E-state index is 5.97. The van der Waals surface area contributed by atoms with Crippen LogP contribution in [0.25, 0.3) is 0 Å².